The van der Waals surface area contributed by atoms with Crippen LogP contribution < -0.4 is 0 Å². The molecule has 0 unspecified atom stereocenters. The van der Waals surface area contributed by atoms with Gasteiger partial charge in [0.05, 0.1) is 19.6 Å². The molecule has 0 atom stereocenters. The van der Waals surface area contributed by atoms with Gasteiger partial charge in [0.2, 0.25) is 0 Å². The number of nitrogens with zero attached hydrogens (tertiary/aromatic N) is 3. The van der Waals surface area contributed by atoms with Gasteiger partial charge in [0.15, 0.2) is 0 Å². The lowest BCUT2D eigenvalue weighted by Gasteiger charge is -2.20. The van der Waals surface area contributed by atoms with E-state index in [-0.39, 0.29) is 19.6 Å². The van der Waals surface area contributed by atoms with Crippen molar-refractivity contribution in [3.63, 3.8) is 0 Å². The predicted octanol–water partition coefficient (Wildman–Crippen LogP) is 2.09. The molecule has 11 heavy (non-hydrogen) atoms. The fraction of sp³-hybridized carbons (Fsp3) is 1.00. The van der Waals surface area contributed by atoms with Crippen molar-refractivity contribution < 1.29 is 0 Å². The van der Waals surface area contributed by atoms with Crippen LogP contribution in [0.5, 0.6) is 0 Å². The van der Waals surface area contributed by atoms with E-state index in [1.807, 2.05) is 0 Å². The van der Waals surface area contributed by atoms with Gasteiger partial charge in [-0.2, -0.15) is 15.3 Å². The highest BCUT2D eigenvalue weighted by Crippen LogP contribution is 2.17. The second-order valence-electron chi connectivity index (χ2n) is 2.76. The summed E-state index contributed by atoms with van der Waals surface area (Å²) < 4.78 is 0. The molecule has 0 aromatic carbocycles. The van der Waals surface area contributed by atoms with Crippen LogP contribution >= 0.6 is 0 Å². The predicted molar refractivity (Wildman–Crippen MR) is 38.2 cm³/mol. The van der Waals surface area contributed by atoms with Gasteiger partial charge in [0, 0.05) is 5.41 Å². The topological polar surface area (TPSA) is 109 Å². The molecular weight excluding hydrogens is 144 g/mol. The van der Waals surface area contributed by atoms with Crippen molar-refractivity contribution in [2.45, 2.75) is 6.92 Å². The molecule has 0 fully saturated rings. The summed E-state index contributed by atoms with van der Waals surface area (Å²) in [5.41, 5.74) is 19.5. The number of rotatable bonds is 6. The van der Waals surface area contributed by atoms with E-state index in [1.54, 1.807) is 6.92 Å². The molecule has 0 amide bonds. The van der Waals surface area contributed by atoms with Gasteiger partial charge in [-0.25, -0.2) is 16.6 Å². The van der Waals surface area contributed by atoms with Gasteiger partial charge in [0.25, 0.3) is 0 Å². The van der Waals surface area contributed by atoms with Crippen LogP contribution in [-0.4, -0.2) is 19.6 Å². The van der Waals surface area contributed by atoms with E-state index in [0.29, 0.717) is 0 Å². The average Bonchev–Trinajstić information content (AvgIpc) is 1.88. The maximum Gasteiger partial charge on any atom is 0.0686 e. The molecule has 0 aliphatic heterocycles. The van der Waals surface area contributed by atoms with Crippen molar-refractivity contribution in [2.24, 2.45) is 20.8 Å². The first kappa shape index (κ1) is 9.80. The van der Waals surface area contributed by atoms with E-state index in [2.05, 4.69) is 15.3 Å². The molecule has 3 N–H and O–H groups in total. The molecule has 0 aromatic heterocycles. The fourth-order valence-electron chi connectivity index (χ4n) is 0.723. The van der Waals surface area contributed by atoms with Crippen molar-refractivity contribution in [3.05, 3.63) is 0 Å². The molecule has 0 aromatic rings. The van der Waals surface area contributed by atoms with E-state index in [1.165, 1.54) is 0 Å². The van der Waals surface area contributed by atoms with Crippen LogP contribution in [0.3, 0.4) is 0 Å². The molecule has 0 heterocycles. The Morgan fingerprint density at radius 2 is 1.18 bits per heavy atom. The van der Waals surface area contributed by atoms with Crippen molar-refractivity contribution in [2.75, 3.05) is 19.6 Å². The van der Waals surface area contributed by atoms with E-state index in [9.17, 15) is 0 Å². The van der Waals surface area contributed by atoms with E-state index in [0.717, 1.165) is 0 Å². The Bertz CT molecular complexity index is 127. The zero-order valence-corrected chi connectivity index (χ0v) is 6.46. The fourth-order valence-corrected chi connectivity index (χ4v) is 0.723. The van der Waals surface area contributed by atoms with Crippen LogP contribution in [0.2, 0.25) is 0 Å². The van der Waals surface area contributed by atoms with Gasteiger partial charge in [0.1, 0.15) is 0 Å². The molecule has 0 bridgehead atoms. The molecule has 0 saturated carbocycles. The quantitative estimate of drug-likeness (QED) is 0.489. The summed E-state index contributed by atoms with van der Waals surface area (Å²) in [5.74, 6) is 0. The monoisotopic (exact) mass is 156 g/mol. The Balaban J connectivity index is 4.09. The third-order valence-electron chi connectivity index (χ3n) is 1.38. The first-order valence-electron chi connectivity index (χ1n) is 3.18. The van der Waals surface area contributed by atoms with Gasteiger partial charge < -0.3 is 0 Å². The Morgan fingerprint density at radius 3 is 1.36 bits per heavy atom. The lowest BCUT2D eigenvalue weighted by Crippen LogP contribution is -2.27. The number of nitrogens with one attached hydrogen (secondary N) is 3. The molecule has 6 heteroatoms. The van der Waals surface area contributed by atoms with E-state index < -0.39 is 5.41 Å². The second kappa shape index (κ2) is 4.59. The van der Waals surface area contributed by atoms with Crippen LogP contribution in [0.4, 0.5) is 0 Å². The average molecular weight is 156 g/mol. The standard InChI is InChI=1S/C5H12N6/c1-5(2-9-6,3-10-7)4-11-8/h6-8H,2-4H2,1H3. The summed E-state index contributed by atoms with van der Waals surface area (Å²) in [6.07, 6.45) is 0. The molecule has 0 aliphatic carbocycles. The first-order chi connectivity index (χ1) is 5.18. The normalized spacial score (nSPS) is 15.0. The molecule has 0 radical (unpaired) electrons. The van der Waals surface area contributed by atoms with Gasteiger partial charge in [-0.3, -0.25) is 0 Å². The lowest BCUT2D eigenvalue weighted by atomic mass is 9.91. The van der Waals surface area contributed by atoms with Crippen LogP contribution in [0.1, 0.15) is 6.92 Å². The highest BCUT2D eigenvalue weighted by atomic mass is 15.0. The highest BCUT2D eigenvalue weighted by Gasteiger charge is 2.23. The summed E-state index contributed by atoms with van der Waals surface area (Å²) in [4.78, 5) is 0. The van der Waals surface area contributed by atoms with Gasteiger partial charge in [-0.15, -0.1) is 0 Å². The molecule has 6 nitrogen and oxygen atoms in total. The lowest BCUT2D eigenvalue weighted by molar-refractivity contribution is 0.340. The summed E-state index contributed by atoms with van der Waals surface area (Å²) in [6, 6.07) is 0. The van der Waals surface area contributed by atoms with Gasteiger partial charge in [-0.1, -0.05) is 6.92 Å². The summed E-state index contributed by atoms with van der Waals surface area (Å²) in [5, 5.41) is 9.62. The van der Waals surface area contributed by atoms with Gasteiger partial charge >= 0.3 is 0 Å². The number of hydrogen-bond acceptors (Lipinski definition) is 6. The summed E-state index contributed by atoms with van der Waals surface area (Å²) in [6.45, 7) is 2.63. The molecule has 0 spiro atoms. The Kier molecular flexibility index (Phi) is 4.09. The Hall–Kier alpha value is -1.20. The molecule has 0 saturated heterocycles. The van der Waals surface area contributed by atoms with Crippen molar-refractivity contribution in [1.82, 2.24) is 0 Å². The third kappa shape index (κ3) is 3.49. The SMILES string of the molecule is CC(CN=N)(CN=N)CN=N. The van der Waals surface area contributed by atoms with Gasteiger partial charge in [-0.05, 0) is 0 Å². The highest BCUT2D eigenvalue weighted by molar-refractivity contribution is 4.79. The molecular formula is C5H12N6. The molecule has 0 rings (SSSR count). The van der Waals surface area contributed by atoms with Crippen LogP contribution in [-0.2, 0) is 0 Å². The van der Waals surface area contributed by atoms with Crippen molar-refractivity contribution in [3.8, 4) is 0 Å². The minimum Gasteiger partial charge on any atom is -0.210 e. The maximum atomic E-state index is 6.63. The van der Waals surface area contributed by atoms with Crippen molar-refractivity contribution in [1.29, 1.82) is 16.6 Å². The summed E-state index contributed by atoms with van der Waals surface area (Å²) >= 11 is 0. The minimum absolute atomic E-state index is 0.276. The van der Waals surface area contributed by atoms with Crippen LogP contribution in [0.15, 0.2) is 15.3 Å². The maximum absolute atomic E-state index is 6.63. The minimum atomic E-state index is -0.411. The smallest absolute Gasteiger partial charge is 0.0686 e. The zero-order valence-electron chi connectivity index (χ0n) is 6.46. The number of hydrogen-bond donors (Lipinski definition) is 3. The molecule has 0 aliphatic rings. The first-order valence-corrected chi connectivity index (χ1v) is 3.18. The Labute approximate surface area is 64.9 Å². The zero-order chi connectivity index (χ0) is 8.74. The van der Waals surface area contributed by atoms with Crippen LogP contribution in [0, 0.1) is 22.0 Å². The van der Waals surface area contributed by atoms with E-state index >= 15 is 0 Å². The largest absolute Gasteiger partial charge is 0.210 e. The third-order valence-corrected chi connectivity index (χ3v) is 1.38. The Morgan fingerprint density at radius 1 is 0.909 bits per heavy atom. The van der Waals surface area contributed by atoms with E-state index in [4.69, 9.17) is 16.6 Å². The molecule has 62 valence electrons. The second-order valence-corrected chi connectivity index (χ2v) is 2.76. The van der Waals surface area contributed by atoms with Crippen LogP contribution in [0.25, 0.3) is 0 Å². The summed E-state index contributed by atoms with van der Waals surface area (Å²) in [7, 11) is 0. The van der Waals surface area contributed by atoms with Crippen molar-refractivity contribution >= 4 is 0 Å².